The zero-order valence-corrected chi connectivity index (χ0v) is 13.1. The lowest BCUT2D eigenvalue weighted by Crippen LogP contribution is -2.35. The van der Waals surface area contributed by atoms with Crippen molar-refractivity contribution in [2.75, 3.05) is 7.05 Å². The molecule has 1 unspecified atom stereocenters. The Morgan fingerprint density at radius 1 is 1.48 bits per heavy atom. The Morgan fingerprint density at radius 3 is 2.86 bits per heavy atom. The number of nitrogens with zero attached hydrogens (tertiary/aromatic N) is 3. The van der Waals surface area contributed by atoms with Gasteiger partial charge in [0.1, 0.15) is 10.7 Å². The smallest absolute Gasteiger partial charge is 0.273 e. The average Bonchev–Trinajstić information content (AvgIpc) is 2.96. The fourth-order valence-corrected chi connectivity index (χ4v) is 2.84. The van der Waals surface area contributed by atoms with Crippen LogP contribution in [0.5, 0.6) is 0 Å². The lowest BCUT2D eigenvalue weighted by molar-refractivity contribution is 0.0741. The number of thiazole rings is 1. The van der Waals surface area contributed by atoms with Gasteiger partial charge in [-0.1, -0.05) is 24.3 Å². The topological polar surface area (TPSA) is 57.0 Å². The third kappa shape index (κ3) is 3.29. The SMILES string of the molecule is Cc1ccccc1-c1nc(C(=O)N(C)C(C)CC#N)cs1. The van der Waals surface area contributed by atoms with Crippen molar-refractivity contribution in [2.24, 2.45) is 0 Å². The summed E-state index contributed by atoms with van der Waals surface area (Å²) < 4.78 is 0. The van der Waals surface area contributed by atoms with Crippen molar-refractivity contribution in [3.63, 3.8) is 0 Å². The van der Waals surface area contributed by atoms with Crippen LogP contribution in [0.4, 0.5) is 0 Å². The van der Waals surface area contributed by atoms with Crippen LogP contribution < -0.4 is 0 Å². The van der Waals surface area contributed by atoms with E-state index in [0.717, 1.165) is 16.1 Å². The largest absolute Gasteiger partial charge is 0.337 e. The highest BCUT2D eigenvalue weighted by Crippen LogP contribution is 2.27. The quantitative estimate of drug-likeness (QED) is 0.868. The number of nitriles is 1. The maximum absolute atomic E-state index is 12.4. The second-order valence-electron chi connectivity index (χ2n) is 4.98. The number of rotatable bonds is 4. The van der Waals surface area contributed by atoms with E-state index in [4.69, 9.17) is 5.26 Å². The van der Waals surface area contributed by atoms with E-state index in [1.807, 2.05) is 38.1 Å². The van der Waals surface area contributed by atoms with Gasteiger partial charge in [0.25, 0.3) is 5.91 Å². The Balaban J connectivity index is 2.23. The number of hydrogen-bond acceptors (Lipinski definition) is 4. The molecule has 1 amide bonds. The highest BCUT2D eigenvalue weighted by Gasteiger charge is 2.20. The Labute approximate surface area is 128 Å². The summed E-state index contributed by atoms with van der Waals surface area (Å²) in [6.45, 7) is 3.88. The Kier molecular flexibility index (Phi) is 4.71. The van der Waals surface area contributed by atoms with Crippen LogP contribution in [0.3, 0.4) is 0 Å². The molecule has 0 N–H and O–H groups in total. The standard InChI is InChI=1S/C16H17N3OS/c1-11-6-4-5-7-13(11)15-18-14(10-21-15)16(20)19(3)12(2)8-9-17/h4-7,10,12H,8H2,1-3H3. The van der Waals surface area contributed by atoms with Crippen molar-refractivity contribution >= 4 is 17.2 Å². The van der Waals surface area contributed by atoms with Crippen molar-refractivity contribution in [3.05, 3.63) is 40.9 Å². The number of aryl methyl sites for hydroxylation is 1. The summed E-state index contributed by atoms with van der Waals surface area (Å²) in [7, 11) is 1.71. The molecule has 21 heavy (non-hydrogen) atoms. The Morgan fingerprint density at radius 2 is 2.19 bits per heavy atom. The second kappa shape index (κ2) is 6.51. The lowest BCUT2D eigenvalue weighted by atomic mass is 10.1. The molecule has 0 bridgehead atoms. The normalized spacial score (nSPS) is 11.7. The molecule has 0 saturated heterocycles. The summed E-state index contributed by atoms with van der Waals surface area (Å²) >= 11 is 1.46. The van der Waals surface area contributed by atoms with Gasteiger partial charge in [-0.15, -0.1) is 11.3 Å². The molecule has 0 saturated carbocycles. The second-order valence-corrected chi connectivity index (χ2v) is 5.84. The van der Waals surface area contributed by atoms with Crippen molar-refractivity contribution in [3.8, 4) is 16.6 Å². The number of amides is 1. The fraction of sp³-hybridized carbons (Fsp3) is 0.312. The van der Waals surface area contributed by atoms with Crippen molar-refractivity contribution < 1.29 is 4.79 Å². The number of aromatic nitrogens is 1. The van der Waals surface area contributed by atoms with Gasteiger partial charge in [0.05, 0.1) is 12.5 Å². The highest BCUT2D eigenvalue weighted by molar-refractivity contribution is 7.13. The monoisotopic (exact) mass is 299 g/mol. The van der Waals surface area contributed by atoms with Crippen molar-refractivity contribution in [1.82, 2.24) is 9.88 Å². The van der Waals surface area contributed by atoms with Crippen LogP contribution in [0.1, 0.15) is 29.4 Å². The predicted octanol–water partition coefficient (Wildman–Crippen LogP) is 3.49. The van der Waals surface area contributed by atoms with Crippen molar-refractivity contribution in [1.29, 1.82) is 5.26 Å². The minimum atomic E-state index is -0.145. The molecule has 1 aromatic heterocycles. The first-order valence-electron chi connectivity index (χ1n) is 6.70. The third-order valence-electron chi connectivity index (χ3n) is 3.47. The first kappa shape index (κ1) is 15.2. The van der Waals surface area contributed by atoms with E-state index in [0.29, 0.717) is 12.1 Å². The molecule has 108 valence electrons. The van der Waals surface area contributed by atoms with Crippen molar-refractivity contribution in [2.45, 2.75) is 26.3 Å². The summed E-state index contributed by atoms with van der Waals surface area (Å²) in [6, 6.07) is 9.94. The molecule has 1 atom stereocenters. The summed E-state index contributed by atoms with van der Waals surface area (Å²) in [5.41, 5.74) is 2.62. The summed E-state index contributed by atoms with van der Waals surface area (Å²) in [4.78, 5) is 18.4. The van der Waals surface area contributed by atoms with Gasteiger partial charge in [0, 0.05) is 24.0 Å². The molecule has 0 spiro atoms. The molecule has 1 aromatic carbocycles. The number of hydrogen-bond donors (Lipinski definition) is 0. The van der Waals surface area contributed by atoms with Gasteiger partial charge < -0.3 is 4.90 Å². The van der Waals surface area contributed by atoms with Crippen LogP contribution in [0.2, 0.25) is 0 Å². The fourth-order valence-electron chi connectivity index (χ4n) is 1.96. The predicted molar refractivity (Wildman–Crippen MR) is 84.1 cm³/mol. The van der Waals surface area contributed by atoms with Gasteiger partial charge in [-0.2, -0.15) is 5.26 Å². The number of carbonyl (C=O) groups excluding carboxylic acids is 1. The van der Waals surface area contributed by atoms with Gasteiger partial charge in [0.15, 0.2) is 0 Å². The van der Waals surface area contributed by atoms with Crippen LogP contribution in [-0.4, -0.2) is 28.9 Å². The molecule has 4 nitrogen and oxygen atoms in total. The van der Waals surface area contributed by atoms with Crippen LogP contribution in [0, 0.1) is 18.3 Å². The molecular weight excluding hydrogens is 282 g/mol. The minimum Gasteiger partial charge on any atom is -0.337 e. The molecule has 1 heterocycles. The van der Waals surface area contributed by atoms with E-state index < -0.39 is 0 Å². The molecule has 0 fully saturated rings. The maximum Gasteiger partial charge on any atom is 0.273 e. The van der Waals surface area contributed by atoms with E-state index in [1.165, 1.54) is 11.3 Å². The summed E-state index contributed by atoms with van der Waals surface area (Å²) in [5.74, 6) is -0.145. The molecule has 5 heteroatoms. The van der Waals surface area contributed by atoms with Crippen LogP contribution in [-0.2, 0) is 0 Å². The average molecular weight is 299 g/mol. The number of carbonyl (C=O) groups is 1. The van der Waals surface area contributed by atoms with E-state index in [9.17, 15) is 4.79 Å². The Bertz CT molecular complexity index is 687. The zero-order chi connectivity index (χ0) is 15.4. The molecule has 2 aromatic rings. The van der Waals surface area contributed by atoms with Gasteiger partial charge in [0.2, 0.25) is 0 Å². The highest BCUT2D eigenvalue weighted by atomic mass is 32.1. The molecule has 0 aliphatic rings. The molecule has 0 aliphatic carbocycles. The molecule has 2 rings (SSSR count). The first-order valence-corrected chi connectivity index (χ1v) is 7.58. The maximum atomic E-state index is 12.4. The van der Waals surface area contributed by atoms with E-state index >= 15 is 0 Å². The minimum absolute atomic E-state index is 0.119. The summed E-state index contributed by atoms with van der Waals surface area (Å²) in [5, 5.41) is 11.3. The van der Waals surface area contributed by atoms with Gasteiger partial charge in [-0.25, -0.2) is 4.98 Å². The van der Waals surface area contributed by atoms with Gasteiger partial charge >= 0.3 is 0 Å². The lowest BCUT2D eigenvalue weighted by Gasteiger charge is -2.21. The van der Waals surface area contributed by atoms with Crippen LogP contribution in [0.15, 0.2) is 29.6 Å². The molecular formula is C16H17N3OS. The van der Waals surface area contributed by atoms with Gasteiger partial charge in [-0.05, 0) is 19.4 Å². The van der Waals surface area contributed by atoms with Gasteiger partial charge in [-0.3, -0.25) is 4.79 Å². The van der Waals surface area contributed by atoms with E-state index in [2.05, 4.69) is 11.1 Å². The number of benzene rings is 1. The first-order chi connectivity index (χ1) is 10.0. The summed E-state index contributed by atoms with van der Waals surface area (Å²) in [6.07, 6.45) is 0.316. The van der Waals surface area contributed by atoms with Crippen LogP contribution in [0.25, 0.3) is 10.6 Å². The molecule has 0 aliphatic heterocycles. The van der Waals surface area contributed by atoms with E-state index in [-0.39, 0.29) is 11.9 Å². The molecule has 0 radical (unpaired) electrons. The van der Waals surface area contributed by atoms with E-state index in [1.54, 1.807) is 17.3 Å². The Hall–Kier alpha value is -2.19. The third-order valence-corrected chi connectivity index (χ3v) is 4.34. The zero-order valence-electron chi connectivity index (χ0n) is 12.3. The van der Waals surface area contributed by atoms with Crippen LogP contribution >= 0.6 is 11.3 Å².